The maximum Gasteiger partial charge on any atom is 0.0589 e. The molecular weight excluding hydrogens is 344 g/mol. The zero-order chi connectivity index (χ0) is 12.6. The first-order valence-corrected chi connectivity index (χ1v) is 7.74. The Hall–Kier alpha value is 0.140. The Morgan fingerprint density at radius 3 is 2.59 bits per heavy atom. The highest BCUT2D eigenvalue weighted by atomic mass is 79.9. The maximum atomic E-state index is 5.66. The van der Waals surface area contributed by atoms with Crippen molar-refractivity contribution < 1.29 is 4.74 Å². The van der Waals surface area contributed by atoms with E-state index in [1.165, 1.54) is 21.2 Å². The summed E-state index contributed by atoms with van der Waals surface area (Å²) in [5, 5.41) is 0. The molecule has 1 aromatic rings. The third kappa shape index (κ3) is 2.77. The molecule has 0 saturated carbocycles. The van der Waals surface area contributed by atoms with Gasteiger partial charge in [0.15, 0.2) is 0 Å². The highest BCUT2D eigenvalue weighted by Crippen LogP contribution is 2.41. The Morgan fingerprint density at radius 2 is 2.00 bits per heavy atom. The normalized spacial score (nSPS) is 26.2. The molecule has 0 aliphatic carbocycles. The van der Waals surface area contributed by atoms with Gasteiger partial charge in [0.1, 0.15) is 0 Å². The van der Waals surface area contributed by atoms with Gasteiger partial charge in [0, 0.05) is 21.8 Å². The first kappa shape index (κ1) is 13.6. The van der Waals surface area contributed by atoms with E-state index in [1.807, 2.05) is 0 Å². The van der Waals surface area contributed by atoms with Crippen molar-refractivity contribution in [1.29, 1.82) is 0 Å². The van der Waals surface area contributed by atoms with Crippen LogP contribution >= 0.6 is 31.9 Å². The molecule has 94 valence electrons. The van der Waals surface area contributed by atoms with Crippen LogP contribution in [-0.4, -0.2) is 12.7 Å². The van der Waals surface area contributed by atoms with E-state index in [2.05, 4.69) is 64.8 Å². The van der Waals surface area contributed by atoms with Gasteiger partial charge < -0.3 is 4.74 Å². The molecule has 0 spiro atoms. The largest absolute Gasteiger partial charge is 0.378 e. The molecule has 1 aromatic carbocycles. The van der Waals surface area contributed by atoms with Gasteiger partial charge in [0.25, 0.3) is 0 Å². The van der Waals surface area contributed by atoms with Gasteiger partial charge in [-0.25, -0.2) is 0 Å². The van der Waals surface area contributed by atoms with Crippen LogP contribution in [0.5, 0.6) is 0 Å². The molecule has 17 heavy (non-hydrogen) atoms. The minimum Gasteiger partial charge on any atom is -0.378 e. The topological polar surface area (TPSA) is 9.23 Å². The van der Waals surface area contributed by atoms with Gasteiger partial charge in [-0.3, -0.25) is 0 Å². The van der Waals surface area contributed by atoms with Gasteiger partial charge in [-0.05, 0) is 49.9 Å². The quantitative estimate of drug-likeness (QED) is 0.679. The van der Waals surface area contributed by atoms with Crippen LogP contribution in [0.4, 0.5) is 0 Å². The zero-order valence-electron chi connectivity index (χ0n) is 10.5. The van der Waals surface area contributed by atoms with E-state index >= 15 is 0 Å². The Morgan fingerprint density at radius 1 is 1.29 bits per heavy atom. The van der Waals surface area contributed by atoms with Crippen LogP contribution < -0.4 is 0 Å². The van der Waals surface area contributed by atoms with Gasteiger partial charge in [-0.1, -0.05) is 37.9 Å². The van der Waals surface area contributed by atoms with Crippen molar-refractivity contribution in [3.63, 3.8) is 0 Å². The number of rotatable bonds is 2. The minimum atomic E-state index is 0.350. The average molecular weight is 362 g/mol. The summed E-state index contributed by atoms with van der Waals surface area (Å²) >= 11 is 7.45. The van der Waals surface area contributed by atoms with Crippen LogP contribution in [0.25, 0.3) is 0 Å². The first-order chi connectivity index (χ1) is 8.00. The number of alkyl halides is 1. The molecule has 0 aromatic heterocycles. The fourth-order valence-corrected chi connectivity index (χ4v) is 4.11. The second kappa shape index (κ2) is 5.41. The van der Waals surface area contributed by atoms with Gasteiger partial charge in [-0.15, -0.1) is 0 Å². The first-order valence-electron chi connectivity index (χ1n) is 6.03. The molecule has 0 radical (unpaired) electrons. The number of hydrogen-bond donors (Lipinski definition) is 0. The molecule has 1 aliphatic rings. The van der Waals surface area contributed by atoms with Crippen LogP contribution in [0, 0.1) is 19.8 Å². The summed E-state index contributed by atoms with van der Waals surface area (Å²) in [5.74, 6) is 0.578. The molecule has 1 heterocycles. The van der Waals surface area contributed by atoms with Crippen LogP contribution in [0.15, 0.2) is 16.6 Å². The van der Waals surface area contributed by atoms with Crippen molar-refractivity contribution >= 4 is 31.9 Å². The number of halogens is 2. The van der Waals surface area contributed by atoms with Crippen molar-refractivity contribution in [2.45, 2.75) is 38.1 Å². The second-order valence-corrected chi connectivity index (χ2v) is 6.73. The van der Waals surface area contributed by atoms with E-state index in [4.69, 9.17) is 4.74 Å². The van der Waals surface area contributed by atoms with E-state index in [1.54, 1.807) is 0 Å². The Kier molecular flexibility index (Phi) is 4.32. The third-order valence-electron chi connectivity index (χ3n) is 3.66. The minimum absolute atomic E-state index is 0.350. The average Bonchev–Trinajstić information content (AvgIpc) is 2.69. The Bertz CT molecular complexity index is 417. The SMILES string of the molecule is Cc1cc(C(Br)C2CCOC2C)c(C)cc1Br. The van der Waals surface area contributed by atoms with Crippen molar-refractivity contribution in [3.8, 4) is 0 Å². The molecule has 3 unspecified atom stereocenters. The monoisotopic (exact) mass is 360 g/mol. The Labute approximate surface area is 120 Å². The lowest BCUT2D eigenvalue weighted by Gasteiger charge is -2.23. The molecule has 1 fully saturated rings. The van der Waals surface area contributed by atoms with E-state index in [9.17, 15) is 0 Å². The maximum absolute atomic E-state index is 5.66. The summed E-state index contributed by atoms with van der Waals surface area (Å²) in [6.07, 6.45) is 1.49. The number of aryl methyl sites for hydroxylation is 2. The van der Waals surface area contributed by atoms with E-state index in [0.717, 1.165) is 13.0 Å². The molecule has 3 heteroatoms. The fraction of sp³-hybridized carbons (Fsp3) is 0.571. The van der Waals surface area contributed by atoms with Crippen molar-refractivity contribution in [1.82, 2.24) is 0 Å². The highest BCUT2D eigenvalue weighted by molar-refractivity contribution is 9.10. The smallest absolute Gasteiger partial charge is 0.0589 e. The summed E-state index contributed by atoms with van der Waals surface area (Å²) in [4.78, 5) is 0.395. The molecule has 1 aliphatic heterocycles. The van der Waals surface area contributed by atoms with Gasteiger partial charge in [0.05, 0.1) is 6.10 Å². The summed E-state index contributed by atoms with van der Waals surface area (Å²) in [7, 11) is 0. The van der Waals surface area contributed by atoms with Crippen LogP contribution in [-0.2, 0) is 4.74 Å². The zero-order valence-corrected chi connectivity index (χ0v) is 13.6. The molecule has 0 bridgehead atoms. The predicted molar refractivity (Wildman–Crippen MR) is 78.8 cm³/mol. The molecule has 1 nitrogen and oxygen atoms in total. The van der Waals surface area contributed by atoms with Crippen molar-refractivity contribution in [2.24, 2.45) is 5.92 Å². The molecular formula is C14H18Br2O. The van der Waals surface area contributed by atoms with Crippen LogP contribution in [0.3, 0.4) is 0 Å². The van der Waals surface area contributed by atoms with Crippen LogP contribution in [0.1, 0.15) is 34.9 Å². The van der Waals surface area contributed by atoms with Gasteiger partial charge in [0.2, 0.25) is 0 Å². The van der Waals surface area contributed by atoms with E-state index in [-0.39, 0.29) is 0 Å². The number of ether oxygens (including phenoxy) is 1. The Balaban J connectivity index is 2.30. The van der Waals surface area contributed by atoms with E-state index in [0.29, 0.717) is 16.8 Å². The van der Waals surface area contributed by atoms with E-state index < -0.39 is 0 Å². The predicted octanol–water partition coefficient (Wildman–Crippen LogP) is 4.93. The molecule has 3 atom stereocenters. The van der Waals surface area contributed by atoms with Crippen molar-refractivity contribution in [3.05, 3.63) is 33.3 Å². The van der Waals surface area contributed by atoms with Gasteiger partial charge >= 0.3 is 0 Å². The third-order valence-corrected chi connectivity index (χ3v) is 5.68. The van der Waals surface area contributed by atoms with Crippen molar-refractivity contribution in [2.75, 3.05) is 6.61 Å². The van der Waals surface area contributed by atoms with Gasteiger partial charge in [-0.2, -0.15) is 0 Å². The fourth-order valence-electron chi connectivity index (χ4n) is 2.46. The lowest BCUT2D eigenvalue weighted by Crippen LogP contribution is -2.17. The molecule has 2 rings (SSSR count). The number of benzene rings is 1. The summed E-state index contributed by atoms with van der Waals surface area (Å²) < 4.78 is 6.85. The summed E-state index contributed by atoms with van der Waals surface area (Å²) in [5.41, 5.74) is 4.03. The highest BCUT2D eigenvalue weighted by Gasteiger charge is 2.32. The second-order valence-electron chi connectivity index (χ2n) is 4.89. The van der Waals surface area contributed by atoms with Crippen LogP contribution in [0.2, 0.25) is 0 Å². The summed E-state index contributed by atoms with van der Waals surface area (Å²) in [6, 6.07) is 4.49. The lowest BCUT2D eigenvalue weighted by molar-refractivity contribution is 0.105. The lowest BCUT2D eigenvalue weighted by atomic mass is 9.91. The molecule has 0 N–H and O–H groups in total. The molecule has 1 saturated heterocycles. The number of hydrogen-bond acceptors (Lipinski definition) is 1. The summed E-state index contributed by atoms with van der Waals surface area (Å²) in [6.45, 7) is 7.38. The standard InChI is InChI=1S/C14H18Br2O/c1-8-7-13(15)9(2)6-12(8)14(16)11-4-5-17-10(11)3/h6-7,10-11,14H,4-5H2,1-3H3. The molecule has 0 amide bonds.